The van der Waals surface area contributed by atoms with Crippen LogP contribution in [0.15, 0.2) is 65.2 Å². The molecule has 2 aliphatic rings. The zero-order valence-corrected chi connectivity index (χ0v) is 17.6. The molecule has 8 heteroatoms. The number of aromatic nitrogens is 1. The predicted molar refractivity (Wildman–Crippen MR) is 120 cm³/mol. The molecule has 3 aromatic rings. The van der Waals surface area contributed by atoms with Gasteiger partial charge in [-0.3, -0.25) is 15.1 Å². The molecule has 7 nitrogen and oxygen atoms in total. The van der Waals surface area contributed by atoms with Crippen molar-refractivity contribution in [3.05, 3.63) is 82.4 Å². The molecule has 1 saturated carbocycles. The van der Waals surface area contributed by atoms with Crippen LogP contribution in [0.1, 0.15) is 49.2 Å². The zero-order chi connectivity index (χ0) is 21.4. The number of hydrogen-bond acceptors (Lipinski definition) is 5. The lowest BCUT2D eigenvalue weighted by atomic mass is 10.0. The Balaban J connectivity index is 1.54. The second-order valence-corrected chi connectivity index (χ2v) is 8.37. The molecule has 0 bridgehead atoms. The Labute approximate surface area is 185 Å². The van der Waals surface area contributed by atoms with Crippen LogP contribution in [0.5, 0.6) is 0 Å². The Hall–Kier alpha value is -3.26. The summed E-state index contributed by atoms with van der Waals surface area (Å²) in [6, 6.07) is 16.3. The summed E-state index contributed by atoms with van der Waals surface area (Å²) >= 11 is 5.75. The number of furan rings is 1. The lowest BCUT2D eigenvalue weighted by Gasteiger charge is -2.31. The van der Waals surface area contributed by atoms with Gasteiger partial charge in [0, 0.05) is 29.9 Å². The molecule has 0 amide bonds. The van der Waals surface area contributed by atoms with Gasteiger partial charge < -0.3 is 14.6 Å². The van der Waals surface area contributed by atoms with E-state index >= 15 is 0 Å². The van der Waals surface area contributed by atoms with Crippen LogP contribution < -0.4 is 5.32 Å². The van der Waals surface area contributed by atoms with Gasteiger partial charge in [-0.25, -0.2) is 0 Å². The normalized spacial score (nSPS) is 21.4. The van der Waals surface area contributed by atoms with Crippen molar-refractivity contribution < 1.29 is 9.34 Å². The van der Waals surface area contributed by atoms with E-state index in [0.29, 0.717) is 17.4 Å². The lowest BCUT2D eigenvalue weighted by molar-refractivity contribution is -0.384. The maximum absolute atomic E-state index is 11.2. The average Bonchev–Trinajstić information content (AvgIpc) is 3.54. The molecule has 1 saturated heterocycles. The molecule has 2 atom stereocenters. The first-order valence-corrected chi connectivity index (χ1v) is 10.9. The Kier molecular flexibility index (Phi) is 5.15. The Morgan fingerprint density at radius 1 is 1.13 bits per heavy atom. The molecule has 2 fully saturated rings. The van der Waals surface area contributed by atoms with Gasteiger partial charge in [0.1, 0.15) is 17.6 Å². The third-order valence-electron chi connectivity index (χ3n) is 6.11. The van der Waals surface area contributed by atoms with E-state index in [2.05, 4.69) is 15.2 Å². The van der Waals surface area contributed by atoms with Crippen LogP contribution in [0.4, 0.5) is 5.69 Å². The van der Waals surface area contributed by atoms with Crippen LogP contribution in [-0.4, -0.2) is 26.0 Å². The summed E-state index contributed by atoms with van der Waals surface area (Å²) < 4.78 is 6.29. The van der Waals surface area contributed by atoms with E-state index in [9.17, 15) is 10.1 Å². The van der Waals surface area contributed by atoms with Gasteiger partial charge in [-0.1, -0.05) is 31.0 Å². The maximum Gasteiger partial charge on any atom is 0.270 e. The topological polar surface area (TPSA) is 84.4 Å². The summed E-state index contributed by atoms with van der Waals surface area (Å²) in [5.41, 5.74) is 1.62. The van der Waals surface area contributed by atoms with Crippen molar-refractivity contribution in [1.82, 2.24) is 15.2 Å². The first-order chi connectivity index (χ1) is 15.1. The van der Waals surface area contributed by atoms with Crippen molar-refractivity contribution in [1.29, 1.82) is 0 Å². The number of rotatable bonds is 5. The number of nitrogens with zero attached hydrogens (tertiary/aromatic N) is 3. The largest absolute Gasteiger partial charge is 0.459 e. The molecule has 2 aromatic heterocycles. The van der Waals surface area contributed by atoms with Gasteiger partial charge in [0.05, 0.1) is 16.7 Å². The van der Waals surface area contributed by atoms with E-state index in [1.807, 2.05) is 36.4 Å². The molecule has 0 spiro atoms. The molecule has 1 aromatic carbocycles. The number of thiocarbonyl (C=S) groups is 1. The highest BCUT2D eigenvalue weighted by Crippen LogP contribution is 2.44. The van der Waals surface area contributed by atoms with Crippen LogP contribution >= 0.6 is 12.2 Å². The Bertz CT molecular complexity index is 1110. The van der Waals surface area contributed by atoms with E-state index < -0.39 is 4.92 Å². The van der Waals surface area contributed by atoms with Crippen LogP contribution in [-0.2, 0) is 0 Å². The number of nitro benzene ring substituents is 1. The van der Waals surface area contributed by atoms with Crippen LogP contribution in [0, 0.1) is 10.1 Å². The molecule has 5 rings (SSSR count). The van der Waals surface area contributed by atoms with E-state index in [1.165, 1.54) is 25.0 Å². The summed E-state index contributed by atoms with van der Waals surface area (Å²) in [4.78, 5) is 17.6. The standard InChI is InChI=1S/C23H22N4O3S/c28-27(29)17-9-5-6-15(14-17)19-11-12-20(30-19)22-21(18-10-3-4-13-24-18)25-23(31)26(22)16-7-1-2-8-16/h3-6,9-14,16,21-22H,1-2,7-8H2,(H,25,31)/t21-,22+/m0/s1. The molecule has 31 heavy (non-hydrogen) atoms. The molecule has 3 heterocycles. The zero-order valence-electron chi connectivity index (χ0n) is 16.8. The highest BCUT2D eigenvalue weighted by molar-refractivity contribution is 7.80. The maximum atomic E-state index is 11.2. The summed E-state index contributed by atoms with van der Waals surface area (Å²) in [6.07, 6.45) is 6.38. The van der Waals surface area contributed by atoms with Gasteiger partial charge >= 0.3 is 0 Å². The number of hydrogen-bond donors (Lipinski definition) is 1. The molecule has 1 aliphatic carbocycles. The van der Waals surface area contributed by atoms with Crippen LogP contribution in [0.25, 0.3) is 11.3 Å². The van der Waals surface area contributed by atoms with Gasteiger partial charge in [-0.05, 0) is 49.3 Å². The van der Waals surface area contributed by atoms with Crippen molar-refractivity contribution >= 4 is 23.0 Å². The fourth-order valence-electron chi connectivity index (χ4n) is 4.69. The number of non-ortho nitro benzene ring substituents is 1. The van der Waals surface area contributed by atoms with E-state index in [1.54, 1.807) is 12.3 Å². The minimum Gasteiger partial charge on any atom is -0.459 e. The summed E-state index contributed by atoms with van der Waals surface area (Å²) in [7, 11) is 0. The highest BCUT2D eigenvalue weighted by Gasteiger charge is 2.45. The number of benzene rings is 1. The lowest BCUT2D eigenvalue weighted by Crippen LogP contribution is -2.37. The van der Waals surface area contributed by atoms with E-state index in [4.69, 9.17) is 16.6 Å². The van der Waals surface area contributed by atoms with Gasteiger partial charge in [-0.2, -0.15) is 0 Å². The molecule has 0 radical (unpaired) electrons. The average molecular weight is 435 g/mol. The van der Waals surface area contributed by atoms with Crippen LogP contribution in [0.2, 0.25) is 0 Å². The summed E-state index contributed by atoms with van der Waals surface area (Å²) in [5, 5.41) is 15.4. The van der Waals surface area contributed by atoms with Gasteiger partial charge in [0.2, 0.25) is 0 Å². The van der Waals surface area contributed by atoms with Gasteiger partial charge in [0.25, 0.3) is 5.69 Å². The van der Waals surface area contributed by atoms with Crippen molar-refractivity contribution in [2.75, 3.05) is 0 Å². The molecular formula is C23H22N4O3S. The fourth-order valence-corrected chi connectivity index (χ4v) is 5.08. The smallest absolute Gasteiger partial charge is 0.270 e. The molecule has 0 unspecified atom stereocenters. The molecule has 1 aliphatic heterocycles. The minimum absolute atomic E-state index is 0.0399. The van der Waals surface area contributed by atoms with Crippen molar-refractivity contribution in [3.63, 3.8) is 0 Å². The van der Waals surface area contributed by atoms with Gasteiger partial charge in [0.15, 0.2) is 5.11 Å². The number of pyridine rings is 1. The summed E-state index contributed by atoms with van der Waals surface area (Å²) in [6.45, 7) is 0. The third-order valence-corrected chi connectivity index (χ3v) is 6.44. The minimum atomic E-state index is -0.397. The molecule has 1 N–H and O–H groups in total. The summed E-state index contributed by atoms with van der Waals surface area (Å²) in [5.74, 6) is 1.37. The second kappa shape index (κ2) is 8.11. The number of nitrogens with one attached hydrogen (secondary N) is 1. The van der Waals surface area contributed by atoms with Crippen molar-refractivity contribution in [2.45, 2.75) is 43.8 Å². The van der Waals surface area contributed by atoms with E-state index in [-0.39, 0.29) is 17.8 Å². The van der Waals surface area contributed by atoms with Crippen LogP contribution in [0.3, 0.4) is 0 Å². The third kappa shape index (κ3) is 3.67. The van der Waals surface area contributed by atoms with Crippen molar-refractivity contribution in [3.8, 4) is 11.3 Å². The monoisotopic (exact) mass is 434 g/mol. The van der Waals surface area contributed by atoms with Gasteiger partial charge in [-0.15, -0.1) is 0 Å². The SMILES string of the molecule is O=[N+]([O-])c1cccc(-c2ccc([C@@H]3[C@H](c4ccccn4)NC(=S)N3C3CCCC3)o2)c1. The molecule has 158 valence electrons. The second-order valence-electron chi connectivity index (χ2n) is 7.98. The first-order valence-electron chi connectivity index (χ1n) is 10.5. The number of nitro groups is 1. The predicted octanol–water partition coefficient (Wildman–Crippen LogP) is 5.16. The van der Waals surface area contributed by atoms with Crippen molar-refractivity contribution in [2.24, 2.45) is 0 Å². The first kappa shape index (κ1) is 19.7. The molecular weight excluding hydrogens is 412 g/mol. The fraction of sp³-hybridized carbons (Fsp3) is 0.304. The Morgan fingerprint density at radius 2 is 1.97 bits per heavy atom. The Morgan fingerprint density at radius 3 is 2.71 bits per heavy atom. The highest BCUT2D eigenvalue weighted by atomic mass is 32.1. The quantitative estimate of drug-likeness (QED) is 0.337. The van der Waals surface area contributed by atoms with E-state index in [0.717, 1.165) is 29.4 Å².